The zero-order chi connectivity index (χ0) is 21.8. The monoisotopic (exact) mass is 443 g/mol. The smallest absolute Gasteiger partial charge is 0.261 e. The molecule has 0 spiro atoms. The summed E-state index contributed by atoms with van der Waals surface area (Å²) in [6, 6.07) is 7.82. The van der Waals surface area contributed by atoms with Crippen molar-refractivity contribution in [3.63, 3.8) is 0 Å². The molecule has 0 radical (unpaired) electrons. The number of hydrogen-bond donors (Lipinski definition) is 0. The van der Waals surface area contributed by atoms with Gasteiger partial charge in [0.2, 0.25) is 0 Å². The van der Waals surface area contributed by atoms with Gasteiger partial charge in [-0.3, -0.25) is 4.79 Å². The molecule has 0 N–H and O–H groups in total. The molecule has 1 aromatic carbocycles. The average Bonchev–Trinajstić information content (AvgIpc) is 3.10. The number of carbonyl (C=O) groups is 1. The Morgan fingerprint density at radius 2 is 2.10 bits per heavy atom. The second-order valence-electron chi connectivity index (χ2n) is 7.40. The second-order valence-corrected chi connectivity index (χ2v) is 7.81. The number of hydrogen-bond acceptors (Lipinski definition) is 6. The number of carbonyl (C=O) groups excluding carboxylic acids is 1. The quantitative estimate of drug-likeness (QED) is 0.587. The largest absolute Gasteiger partial charge is 0.354 e. The third-order valence-electron chi connectivity index (χ3n) is 5.21. The first-order chi connectivity index (χ1) is 15.1. The average molecular weight is 444 g/mol. The molecule has 0 unspecified atom stereocenters. The van der Waals surface area contributed by atoms with Crippen LogP contribution in [0.3, 0.4) is 0 Å². The molecule has 1 aliphatic rings. The van der Waals surface area contributed by atoms with E-state index in [0.29, 0.717) is 36.9 Å². The number of pyridine rings is 1. The number of nitrogens with zero attached hydrogens (tertiary/aromatic N) is 5. The highest BCUT2D eigenvalue weighted by Gasteiger charge is 2.24. The lowest BCUT2D eigenvalue weighted by molar-refractivity contribution is 0.0767. The fraction of sp³-hybridized carbons (Fsp3) is 0.364. The first-order valence-corrected chi connectivity index (χ1v) is 10.7. The number of amides is 1. The Balaban J connectivity index is 1.51. The highest BCUT2D eigenvalue weighted by Crippen LogP contribution is 2.28. The van der Waals surface area contributed by atoms with Gasteiger partial charge < -0.3 is 14.3 Å². The van der Waals surface area contributed by atoms with Gasteiger partial charge in [-0.15, -0.1) is 0 Å². The minimum Gasteiger partial charge on any atom is -0.354 e. The Kier molecular flexibility index (Phi) is 6.46. The van der Waals surface area contributed by atoms with Crippen molar-refractivity contribution < 1.29 is 13.7 Å². The molecule has 0 saturated carbocycles. The van der Waals surface area contributed by atoms with E-state index in [9.17, 15) is 9.18 Å². The standard InChI is InChI=1S/C22H23ClFN5O2/c1-2-5-19-26-21(31-27-19)16-6-3-9-25-20(16)28-10-4-11-29(13-12-28)22(30)15-7-8-18(24)17(23)14-15/h3,6-9,14H,2,4-5,10-13H2,1H3. The normalized spacial score (nSPS) is 14.5. The summed E-state index contributed by atoms with van der Waals surface area (Å²) in [7, 11) is 0. The van der Waals surface area contributed by atoms with Crippen molar-refractivity contribution in [1.29, 1.82) is 0 Å². The molecule has 0 bridgehead atoms. The molecule has 1 fully saturated rings. The van der Waals surface area contributed by atoms with E-state index in [-0.39, 0.29) is 10.9 Å². The van der Waals surface area contributed by atoms with E-state index in [4.69, 9.17) is 16.1 Å². The maximum atomic E-state index is 13.4. The molecule has 1 saturated heterocycles. The number of rotatable bonds is 5. The lowest BCUT2D eigenvalue weighted by Crippen LogP contribution is -2.35. The lowest BCUT2D eigenvalue weighted by atomic mass is 10.2. The zero-order valence-electron chi connectivity index (χ0n) is 17.2. The Morgan fingerprint density at radius 3 is 2.90 bits per heavy atom. The highest BCUT2D eigenvalue weighted by atomic mass is 35.5. The van der Waals surface area contributed by atoms with Crippen molar-refractivity contribution >= 4 is 23.3 Å². The minimum absolute atomic E-state index is 0.0533. The van der Waals surface area contributed by atoms with Gasteiger partial charge in [0.15, 0.2) is 5.82 Å². The molecule has 1 aliphatic heterocycles. The summed E-state index contributed by atoms with van der Waals surface area (Å²) in [6.45, 7) is 4.49. The molecular weight excluding hydrogens is 421 g/mol. The molecule has 0 atom stereocenters. The fourth-order valence-corrected chi connectivity index (χ4v) is 3.83. The van der Waals surface area contributed by atoms with Crippen molar-refractivity contribution in [2.45, 2.75) is 26.2 Å². The summed E-state index contributed by atoms with van der Waals surface area (Å²) in [5.74, 6) is 1.19. The van der Waals surface area contributed by atoms with Crippen LogP contribution in [0.2, 0.25) is 5.02 Å². The third-order valence-corrected chi connectivity index (χ3v) is 5.50. The summed E-state index contributed by atoms with van der Waals surface area (Å²) >= 11 is 5.85. The topological polar surface area (TPSA) is 75.4 Å². The van der Waals surface area contributed by atoms with Crippen LogP contribution in [0.1, 0.15) is 35.9 Å². The van der Waals surface area contributed by atoms with E-state index in [1.165, 1.54) is 18.2 Å². The molecule has 2 aromatic heterocycles. The van der Waals surface area contributed by atoms with Crippen molar-refractivity contribution in [3.8, 4) is 11.5 Å². The van der Waals surface area contributed by atoms with Crippen LogP contribution in [-0.2, 0) is 6.42 Å². The second kappa shape index (κ2) is 9.43. The molecule has 4 rings (SSSR count). The summed E-state index contributed by atoms with van der Waals surface area (Å²) in [4.78, 5) is 25.8. The van der Waals surface area contributed by atoms with Gasteiger partial charge in [-0.1, -0.05) is 23.7 Å². The van der Waals surface area contributed by atoms with Crippen molar-refractivity contribution in [3.05, 3.63) is 58.8 Å². The van der Waals surface area contributed by atoms with Gasteiger partial charge >= 0.3 is 0 Å². The van der Waals surface area contributed by atoms with Crippen LogP contribution in [0.5, 0.6) is 0 Å². The van der Waals surface area contributed by atoms with Crippen LogP contribution >= 0.6 is 11.6 Å². The predicted molar refractivity (Wildman–Crippen MR) is 116 cm³/mol. The summed E-state index contributed by atoms with van der Waals surface area (Å²) in [5.41, 5.74) is 1.16. The minimum atomic E-state index is -0.536. The van der Waals surface area contributed by atoms with Crippen LogP contribution in [-0.4, -0.2) is 52.1 Å². The van der Waals surface area contributed by atoms with Crippen molar-refractivity contribution in [1.82, 2.24) is 20.0 Å². The molecule has 7 nitrogen and oxygen atoms in total. The summed E-state index contributed by atoms with van der Waals surface area (Å²) < 4.78 is 18.9. The molecule has 3 aromatic rings. The Bertz CT molecular complexity index is 1070. The SMILES string of the molecule is CCCc1noc(-c2cccnc2N2CCCN(C(=O)c3ccc(F)c(Cl)c3)CC2)n1. The maximum absolute atomic E-state index is 13.4. The van der Waals surface area contributed by atoms with Gasteiger partial charge in [0.05, 0.1) is 10.6 Å². The zero-order valence-corrected chi connectivity index (χ0v) is 18.0. The number of aryl methyl sites for hydroxylation is 1. The Labute approximate surface area is 184 Å². The first-order valence-electron chi connectivity index (χ1n) is 10.3. The van der Waals surface area contributed by atoms with Crippen LogP contribution < -0.4 is 4.90 Å². The van der Waals surface area contributed by atoms with Gasteiger partial charge in [-0.2, -0.15) is 4.98 Å². The molecular formula is C22H23ClFN5O2. The predicted octanol–water partition coefficient (Wildman–Crippen LogP) is 4.23. The fourth-order valence-electron chi connectivity index (χ4n) is 3.65. The van der Waals surface area contributed by atoms with E-state index in [1.54, 1.807) is 11.1 Å². The number of anilines is 1. The lowest BCUT2D eigenvalue weighted by Gasteiger charge is -2.24. The first kappa shape index (κ1) is 21.2. The van der Waals surface area contributed by atoms with Gasteiger partial charge in [0.1, 0.15) is 11.6 Å². The van der Waals surface area contributed by atoms with E-state index < -0.39 is 5.82 Å². The highest BCUT2D eigenvalue weighted by molar-refractivity contribution is 6.31. The van der Waals surface area contributed by atoms with Crippen LogP contribution in [0.25, 0.3) is 11.5 Å². The van der Waals surface area contributed by atoms with E-state index in [1.807, 2.05) is 12.1 Å². The maximum Gasteiger partial charge on any atom is 0.261 e. The molecule has 0 aliphatic carbocycles. The summed E-state index contributed by atoms with van der Waals surface area (Å²) in [6.07, 6.45) is 4.19. The number of benzene rings is 1. The van der Waals surface area contributed by atoms with Gasteiger partial charge in [0, 0.05) is 44.4 Å². The van der Waals surface area contributed by atoms with E-state index in [0.717, 1.165) is 37.2 Å². The third kappa shape index (κ3) is 4.69. The van der Waals surface area contributed by atoms with Gasteiger partial charge in [0.25, 0.3) is 11.8 Å². The number of halogens is 2. The summed E-state index contributed by atoms with van der Waals surface area (Å²) in [5, 5.41) is 3.99. The van der Waals surface area contributed by atoms with Crippen LogP contribution in [0.4, 0.5) is 10.2 Å². The van der Waals surface area contributed by atoms with Crippen LogP contribution in [0.15, 0.2) is 41.1 Å². The molecule has 31 heavy (non-hydrogen) atoms. The molecule has 9 heteroatoms. The van der Waals surface area contributed by atoms with Crippen LogP contribution in [0, 0.1) is 5.82 Å². The number of aromatic nitrogens is 3. The van der Waals surface area contributed by atoms with Gasteiger partial charge in [-0.25, -0.2) is 9.37 Å². The van der Waals surface area contributed by atoms with Gasteiger partial charge in [-0.05, 0) is 43.2 Å². The molecule has 1 amide bonds. The van der Waals surface area contributed by atoms with E-state index in [2.05, 4.69) is 26.9 Å². The van der Waals surface area contributed by atoms with Crippen molar-refractivity contribution in [2.75, 3.05) is 31.1 Å². The van der Waals surface area contributed by atoms with E-state index >= 15 is 0 Å². The Hall–Kier alpha value is -3.00. The molecule has 3 heterocycles. The Morgan fingerprint density at radius 1 is 1.23 bits per heavy atom. The van der Waals surface area contributed by atoms with Crippen molar-refractivity contribution in [2.24, 2.45) is 0 Å². The molecule has 162 valence electrons.